The minimum Gasteiger partial charge on any atom is -0.256 e. The van der Waals surface area contributed by atoms with E-state index < -0.39 is 0 Å². The van der Waals surface area contributed by atoms with Gasteiger partial charge < -0.3 is 0 Å². The summed E-state index contributed by atoms with van der Waals surface area (Å²) in [6, 6.07) is 12.8. The summed E-state index contributed by atoms with van der Waals surface area (Å²) in [7, 11) is 0. The third kappa shape index (κ3) is 2.88. The number of allylic oxidation sites excluding steroid dienone is 2. The van der Waals surface area contributed by atoms with Crippen molar-refractivity contribution in [1.82, 2.24) is 4.98 Å². The smallest absolute Gasteiger partial charge is 0.0731 e. The number of rotatable bonds is 3. The van der Waals surface area contributed by atoms with E-state index in [2.05, 4.69) is 62.7 Å². The van der Waals surface area contributed by atoms with Crippen LogP contribution in [0, 0.1) is 6.92 Å². The van der Waals surface area contributed by atoms with E-state index in [0.29, 0.717) is 0 Å². The lowest BCUT2D eigenvalue weighted by atomic mass is 9.91. The Kier molecular flexibility index (Phi) is 4.19. The lowest BCUT2D eigenvalue weighted by molar-refractivity contribution is 1.24. The molecule has 0 radical (unpaired) electrons. The fourth-order valence-electron chi connectivity index (χ4n) is 2.38. The summed E-state index contributed by atoms with van der Waals surface area (Å²) in [4.78, 5) is 4.49. The van der Waals surface area contributed by atoms with Crippen LogP contribution >= 0.6 is 0 Å². The van der Waals surface area contributed by atoms with Crippen LogP contribution in [0.15, 0.2) is 54.7 Å². The van der Waals surface area contributed by atoms with Gasteiger partial charge in [-0.2, -0.15) is 0 Å². The van der Waals surface area contributed by atoms with E-state index in [4.69, 9.17) is 0 Å². The first-order valence-corrected chi connectivity index (χ1v) is 6.86. The van der Waals surface area contributed by atoms with Crippen molar-refractivity contribution in [1.29, 1.82) is 0 Å². The lowest BCUT2D eigenvalue weighted by Gasteiger charge is -2.15. The molecule has 1 aromatic carbocycles. The van der Waals surface area contributed by atoms with E-state index in [1.54, 1.807) is 0 Å². The predicted molar refractivity (Wildman–Crippen MR) is 87.5 cm³/mol. The van der Waals surface area contributed by atoms with Crippen LogP contribution in [-0.4, -0.2) is 4.98 Å². The molecule has 0 bridgehead atoms. The van der Waals surface area contributed by atoms with Gasteiger partial charge in [-0.05, 0) is 50.5 Å². The topological polar surface area (TPSA) is 12.9 Å². The van der Waals surface area contributed by atoms with Gasteiger partial charge in [0, 0.05) is 11.8 Å². The quantitative estimate of drug-likeness (QED) is 0.735. The average molecular weight is 263 g/mol. The van der Waals surface area contributed by atoms with E-state index in [0.717, 1.165) is 16.8 Å². The molecule has 0 atom stereocenters. The Bertz CT molecular complexity index is 656. The van der Waals surface area contributed by atoms with Crippen LogP contribution in [0.3, 0.4) is 0 Å². The zero-order valence-corrected chi connectivity index (χ0v) is 12.7. The van der Waals surface area contributed by atoms with Crippen molar-refractivity contribution in [3.05, 3.63) is 77.1 Å². The van der Waals surface area contributed by atoms with Gasteiger partial charge in [0.2, 0.25) is 0 Å². The highest BCUT2D eigenvalue weighted by Crippen LogP contribution is 2.31. The molecule has 102 valence electrons. The number of nitrogens with zero attached hydrogens (tertiary/aromatic N) is 1. The monoisotopic (exact) mass is 263 g/mol. The molecule has 1 aromatic heterocycles. The van der Waals surface area contributed by atoms with Crippen molar-refractivity contribution in [2.75, 3.05) is 0 Å². The molecule has 0 aliphatic rings. The van der Waals surface area contributed by atoms with Gasteiger partial charge in [0.1, 0.15) is 0 Å². The first-order valence-electron chi connectivity index (χ1n) is 6.86. The number of aromatic nitrogens is 1. The summed E-state index contributed by atoms with van der Waals surface area (Å²) in [5.41, 5.74) is 8.15. The molecule has 0 N–H and O–H groups in total. The maximum absolute atomic E-state index is 4.49. The van der Waals surface area contributed by atoms with Gasteiger partial charge in [0.25, 0.3) is 0 Å². The van der Waals surface area contributed by atoms with Gasteiger partial charge in [0.05, 0.1) is 5.69 Å². The second-order valence-corrected chi connectivity index (χ2v) is 5.42. The molecule has 1 heterocycles. The minimum absolute atomic E-state index is 0.976. The minimum atomic E-state index is 0.976. The molecular formula is C19H21N. The summed E-state index contributed by atoms with van der Waals surface area (Å²) >= 11 is 0. The molecule has 1 nitrogen and oxygen atoms in total. The van der Waals surface area contributed by atoms with Crippen LogP contribution in [0.4, 0.5) is 0 Å². The summed E-state index contributed by atoms with van der Waals surface area (Å²) in [5, 5.41) is 0. The van der Waals surface area contributed by atoms with Gasteiger partial charge in [-0.15, -0.1) is 0 Å². The molecule has 0 aliphatic carbocycles. The van der Waals surface area contributed by atoms with Crippen LogP contribution in [0.5, 0.6) is 0 Å². The molecule has 0 saturated carbocycles. The highest BCUT2D eigenvalue weighted by atomic mass is 14.7. The number of aryl methyl sites for hydroxylation is 1. The van der Waals surface area contributed by atoms with Crippen LogP contribution < -0.4 is 0 Å². The average Bonchev–Trinajstić information content (AvgIpc) is 2.41. The highest BCUT2D eigenvalue weighted by Gasteiger charge is 2.12. The largest absolute Gasteiger partial charge is 0.256 e. The van der Waals surface area contributed by atoms with Crippen LogP contribution in [-0.2, 0) is 0 Å². The van der Waals surface area contributed by atoms with E-state index in [-0.39, 0.29) is 0 Å². The van der Waals surface area contributed by atoms with Crippen molar-refractivity contribution < 1.29 is 0 Å². The molecule has 1 heteroatoms. The van der Waals surface area contributed by atoms with Gasteiger partial charge in [-0.3, -0.25) is 4.98 Å². The van der Waals surface area contributed by atoms with Gasteiger partial charge in [-0.25, -0.2) is 0 Å². The van der Waals surface area contributed by atoms with Crippen molar-refractivity contribution >= 4 is 11.1 Å². The fraction of sp³-hybridized carbons (Fsp3) is 0.211. The fourth-order valence-corrected chi connectivity index (χ4v) is 2.38. The first kappa shape index (κ1) is 14.3. The van der Waals surface area contributed by atoms with E-state index >= 15 is 0 Å². The molecule has 0 saturated heterocycles. The zero-order valence-electron chi connectivity index (χ0n) is 12.7. The normalized spacial score (nSPS) is 10.2. The molecule has 2 rings (SSSR count). The number of benzene rings is 1. The van der Waals surface area contributed by atoms with Crippen LogP contribution in [0.25, 0.3) is 11.1 Å². The third-order valence-corrected chi connectivity index (χ3v) is 3.32. The SMILES string of the molecule is C=C(C)c1ncccc1C(=C(C)C)c1ccc(C)cc1. The molecule has 20 heavy (non-hydrogen) atoms. The van der Waals surface area contributed by atoms with Gasteiger partial charge in [-0.1, -0.05) is 48.0 Å². The van der Waals surface area contributed by atoms with Crippen molar-refractivity contribution in [2.24, 2.45) is 0 Å². The van der Waals surface area contributed by atoms with Crippen LogP contribution in [0.2, 0.25) is 0 Å². The van der Waals surface area contributed by atoms with Crippen molar-refractivity contribution in [3.8, 4) is 0 Å². The highest BCUT2D eigenvalue weighted by molar-refractivity contribution is 5.86. The summed E-state index contributed by atoms with van der Waals surface area (Å²) < 4.78 is 0. The standard InChI is InChI=1S/C19H21N/c1-13(2)18(16-10-8-15(5)9-11-16)17-7-6-12-20-19(17)14(3)4/h6-12H,3H2,1-2,4-5H3. The first-order chi connectivity index (χ1) is 9.50. The molecule has 0 spiro atoms. The Labute approximate surface area is 121 Å². The van der Waals surface area contributed by atoms with E-state index in [1.165, 1.54) is 22.3 Å². The summed E-state index contributed by atoms with van der Waals surface area (Å²) in [5.74, 6) is 0. The Morgan fingerprint density at radius 2 is 1.65 bits per heavy atom. The van der Waals surface area contributed by atoms with Crippen molar-refractivity contribution in [2.45, 2.75) is 27.7 Å². The van der Waals surface area contributed by atoms with E-state index in [9.17, 15) is 0 Å². The maximum atomic E-state index is 4.49. The molecular weight excluding hydrogens is 242 g/mol. The second-order valence-electron chi connectivity index (χ2n) is 5.42. The Hall–Kier alpha value is -2.15. The van der Waals surface area contributed by atoms with Gasteiger partial charge >= 0.3 is 0 Å². The number of hydrogen-bond donors (Lipinski definition) is 0. The molecule has 0 aliphatic heterocycles. The van der Waals surface area contributed by atoms with Gasteiger partial charge in [0.15, 0.2) is 0 Å². The zero-order chi connectivity index (χ0) is 14.7. The predicted octanol–water partition coefficient (Wildman–Crippen LogP) is 5.26. The number of hydrogen-bond acceptors (Lipinski definition) is 1. The van der Waals surface area contributed by atoms with Crippen LogP contribution in [0.1, 0.15) is 43.2 Å². The molecule has 0 fully saturated rings. The Morgan fingerprint density at radius 3 is 2.20 bits per heavy atom. The molecule has 0 unspecified atom stereocenters. The number of pyridine rings is 1. The maximum Gasteiger partial charge on any atom is 0.0731 e. The molecule has 2 aromatic rings. The van der Waals surface area contributed by atoms with Crippen molar-refractivity contribution in [3.63, 3.8) is 0 Å². The third-order valence-electron chi connectivity index (χ3n) is 3.32. The Balaban J connectivity index is 2.65. The lowest BCUT2D eigenvalue weighted by Crippen LogP contribution is -1.98. The summed E-state index contributed by atoms with van der Waals surface area (Å²) in [6.07, 6.45) is 1.82. The van der Waals surface area contributed by atoms with E-state index in [1.807, 2.05) is 19.2 Å². The summed E-state index contributed by atoms with van der Waals surface area (Å²) in [6.45, 7) is 12.4. The second kappa shape index (κ2) is 5.87. The molecule has 0 amide bonds. The Morgan fingerprint density at radius 1 is 1.00 bits per heavy atom.